The van der Waals surface area contributed by atoms with Crippen LogP contribution in [0.25, 0.3) is 0 Å². The fraction of sp³-hybridized carbons (Fsp3) is 1.00. The average molecular weight is 167 g/mol. The quantitative estimate of drug-likeness (QED) is 0.624. The first kappa shape index (κ1) is 12.3. The van der Waals surface area contributed by atoms with Gasteiger partial charge in [-0.15, -0.1) is 0 Å². The van der Waals surface area contributed by atoms with E-state index in [9.17, 15) is 0 Å². The SMILES string of the molecule is CC(C)CO.CC[O][Ti]. The fourth-order valence-corrected chi connectivity index (χ4v) is 0. The number of aliphatic hydroxyl groups excluding tert-OH is 1. The first-order valence-electron chi connectivity index (χ1n) is 3.08. The Kier molecular flexibility index (Phi) is 15.7. The standard InChI is InChI=1S/C4H10O.C2H5O.Ti/c1-4(2)3-5;1-2-3;/h4-5H,3H2,1-2H3;2H2,1H3;/q;-1;+1. The summed E-state index contributed by atoms with van der Waals surface area (Å²) in [5.74, 6) is 0.440. The van der Waals surface area contributed by atoms with E-state index in [0.29, 0.717) is 12.5 Å². The summed E-state index contributed by atoms with van der Waals surface area (Å²) in [6, 6.07) is 0. The topological polar surface area (TPSA) is 29.5 Å². The van der Waals surface area contributed by atoms with Crippen LogP contribution in [0.3, 0.4) is 0 Å². The molecule has 0 aliphatic carbocycles. The van der Waals surface area contributed by atoms with E-state index >= 15 is 0 Å². The summed E-state index contributed by atoms with van der Waals surface area (Å²) < 4.78 is 4.54. The molecule has 0 saturated heterocycles. The van der Waals surface area contributed by atoms with Gasteiger partial charge in [-0.2, -0.15) is 0 Å². The molecule has 0 atom stereocenters. The van der Waals surface area contributed by atoms with Crippen LogP contribution in [-0.2, 0) is 24.1 Å². The van der Waals surface area contributed by atoms with Gasteiger partial charge in [-0.3, -0.25) is 0 Å². The molecule has 0 aromatic rings. The van der Waals surface area contributed by atoms with Gasteiger partial charge in [-0.25, -0.2) is 0 Å². The summed E-state index contributed by atoms with van der Waals surface area (Å²) in [5.41, 5.74) is 0. The van der Waals surface area contributed by atoms with E-state index in [4.69, 9.17) is 5.11 Å². The molecule has 0 aromatic carbocycles. The summed E-state index contributed by atoms with van der Waals surface area (Å²) in [6.45, 7) is 7.03. The summed E-state index contributed by atoms with van der Waals surface area (Å²) in [7, 11) is 0. The second-order valence-corrected chi connectivity index (χ2v) is 2.46. The molecule has 55 valence electrons. The third kappa shape index (κ3) is 28.8. The zero-order chi connectivity index (χ0) is 7.70. The molecule has 0 saturated carbocycles. The van der Waals surface area contributed by atoms with Gasteiger partial charge in [0.15, 0.2) is 0 Å². The Bertz CT molecular complexity index is 38.0. The first-order valence-corrected chi connectivity index (χ1v) is 3.72. The van der Waals surface area contributed by atoms with Crippen molar-refractivity contribution < 1.29 is 29.2 Å². The molecule has 0 unspecified atom stereocenters. The minimum absolute atomic E-state index is 0.306. The second kappa shape index (κ2) is 11.4. The molecule has 0 fully saturated rings. The fourth-order valence-electron chi connectivity index (χ4n) is 0. The molecule has 3 heteroatoms. The van der Waals surface area contributed by atoms with Gasteiger partial charge in [-0.1, -0.05) is 13.8 Å². The summed E-state index contributed by atoms with van der Waals surface area (Å²) in [6.07, 6.45) is 0. The van der Waals surface area contributed by atoms with Gasteiger partial charge in [0, 0.05) is 6.61 Å². The van der Waals surface area contributed by atoms with E-state index < -0.39 is 0 Å². The molecule has 0 heterocycles. The zero-order valence-electron chi connectivity index (χ0n) is 6.35. The van der Waals surface area contributed by atoms with Crippen molar-refractivity contribution in [2.24, 2.45) is 5.92 Å². The van der Waals surface area contributed by atoms with Crippen molar-refractivity contribution in [2.45, 2.75) is 20.8 Å². The van der Waals surface area contributed by atoms with Crippen LogP contribution in [0.4, 0.5) is 0 Å². The van der Waals surface area contributed by atoms with Crippen molar-refractivity contribution in [3.63, 3.8) is 0 Å². The first-order chi connectivity index (χ1) is 4.18. The van der Waals surface area contributed by atoms with Crippen LogP contribution in [0.5, 0.6) is 0 Å². The molecule has 0 radical (unpaired) electrons. The van der Waals surface area contributed by atoms with E-state index in [1.165, 1.54) is 0 Å². The van der Waals surface area contributed by atoms with Crippen LogP contribution < -0.4 is 0 Å². The molecule has 1 N–H and O–H groups in total. The van der Waals surface area contributed by atoms with E-state index in [-0.39, 0.29) is 0 Å². The van der Waals surface area contributed by atoms with Crippen molar-refractivity contribution in [3.05, 3.63) is 0 Å². The van der Waals surface area contributed by atoms with Crippen molar-refractivity contribution in [2.75, 3.05) is 13.2 Å². The van der Waals surface area contributed by atoms with Gasteiger partial charge < -0.3 is 5.11 Å². The van der Waals surface area contributed by atoms with E-state index in [2.05, 4.69) is 3.32 Å². The van der Waals surface area contributed by atoms with Crippen molar-refractivity contribution in [3.8, 4) is 0 Å². The Morgan fingerprint density at radius 1 is 1.56 bits per heavy atom. The molecular formula is C6H15O2Ti. The van der Waals surface area contributed by atoms with E-state index in [0.717, 1.165) is 6.61 Å². The van der Waals surface area contributed by atoms with Gasteiger partial charge in [0.1, 0.15) is 0 Å². The molecular weight excluding hydrogens is 152 g/mol. The maximum absolute atomic E-state index is 8.14. The summed E-state index contributed by atoms with van der Waals surface area (Å²) in [4.78, 5) is 0. The molecule has 0 bridgehead atoms. The number of rotatable bonds is 2. The Morgan fingerprint density at radius 3 is 1.78 bits per heavy atom. The molecule has 0 aromatic heterocycles. The Morgan fingerprint density at radius 2 is 1.78 bits per heavy atom. The number of hydrogen-bond donors (Lipinski definition) is 1. The van der Waals surface area contributed by atoms with E-state index in [1.807, 2.05) is 20.8 Å². The van der Waals surface area contributed by atoms with Gasteiger partial charge in [0.05, 0.1) is 0 Å². The Labute approximate surface area is 69.5 Å². The molecule has 2 nitrogen and oxygen atoms in total. The molecule has 0 aliphatic heterocycles. The van der Waals surface area contributed by atoms with Crippen LogP contribution in [0, 0.1) is 5.92 Å². The van der Waals surface area contributed by atoms with Gasteiger partial charge >= 0.3 is 37.7 Å². The predicted molar refractivity (Wildman–Crippen MR) is 33.5 cm³/mol. The predicted octanol–water partition coefficient (Wildman–Crippen LogP) is 1.12. The van der Waals surface area contributed by atoms with Crippen LogP contribution in [0.1, 0.15) is 20.8 Å². The van der Waals surface area contributed by atoms with Crippen molar-refractivity contribution in [1.82, 2.24) is 0 Å². The molecule has 0 aliphatic rings. The van der Waals surface area contributed by atoms with Gasteiger partial charge in [-0.05, 0) is 5.92 Å². The third-order valence-corrected chi connectivity index (χ3v) is 0.960. The normalized spacial score (nSPS) is 8.44. The van der Waals surface area contributed by atoms with Crippen LogP contribution >= 0.6 is 0 Å². The van der Waals surface area contributed by atoms with Gasteiger partial charge in [0.25, 0.3) is 0 Å². The van der Waals surface area contributed by atoms with Crippen molar-refractivity contribution in [1.29, 1.82) is 0 Å². The molecule has 0 spiro atoms. The van der Waals surface area contributed by atoms with Crippen LogP contribution in [-0.4, -0.2) is 18.3 Å². The molecule has 0 amide bonds. The molecule has 9 heavy (non-hydrogen) atoms. The third-order valence-electron chi connectivity index (χ3n) is 0.509. The van der Waals surface area contributed by atoms with Crippen molar-refractivity contribution >= 4 is 0 Å². The molecule has 0 rings (SSSR count). The van der Waals surface area contributed by atoms with Crippen LogP contribution in [0.15, 0.2) is 0 Å². The minimum atomic E-state index is 0.306. The Balaban J connectivity index is 0. The summed E-state index contributed by atoms with van der Waals surface area (Å²) in [5, 5.41) is 8.14. The Hall–Kier alpha value is 0.634. The average Bonchev–Trinajstić information content (AvgIpc) is 1.89. The van der Waals surface area contributed by atoms with Gasteiger partial charge in [0.2, 0.25) is 0 Å². The monoisotopic (exact) mass is 167 g/mol. The van der Waals surface area contributed by atoms with Crippen LogP contribution in [0.2, 0.25) is 0 Å². The summed E-state index contributed by atoms with van der Waals surface area (Å²) >= 11 is 1.68. The number of aliphatic hydroxyl groups is 1. The van der Waals surface area contributed by atoms with E-state index in [1.54, 1.807) is 20.8 Å². The second-order valence-electron chi connectivity index (χ2n) is 2.01. The zero-order valence-corrected chi connectivity index (χ0v) is 7.91. The maximum atomic E-state index is 8.14. The number of hydrogen-bond acceptors (Lipinski definition) is 2.